The summed E-state index contributed by atoms with van der Waals surface area (Å²) in [6.45, 7) is 0. The predicted octanol–water partition coefficient (Wildman–Crippen LogP) is 5.81. The Labute approximate surface area is 208 Å². The highest BCUT2D eigenvalue weighted by molar-refractivity contribution is 7.99. The lowest BCUT2D eigenvalue weighted by Gasteiger charge is -2.12. The summed E-state index contributed by atoms with van der Waals surface area (Å²) in [5, 5.41) is 22.2. The highest BCUT2D eigenvalue weighted by Gasteiger charge is 2.25. The number of H-pyrrole nitrogens is 1. The summed E-state index contributed by atoms with van der Waals surface area (Å²) in [5.41, 5.74) is 2.89. The molecule has 9 nitrogen and oxygen atoms in total. The minimum Gasteiger partial charge on any atom is -0.322 e. The Morgan fingerprint density at radius 2 is 2.03 bits per heavy atom. The number of nitro groups is 1. The molecule has 0 bridgehead atoms. The Bertz CT molecular complexity index is 1400. The molecule has 5 rings (SSSR count). The van der Waals surface area contributed by atoms with Crippen molar-refractivity contribution in [2.45, 2.75) is 35.7 Å². The monoisotopic (exact) mass is 504 g/mol. The van der Waals surface area contributed by atoms with Crippen LogP contribution in [0.15, 0.2) is 69.9 Å². The summed E-state index contributed by atoms with van der Waals surface area (Å²) in [5.74, 6) is -0.187. The number of fused-ring (bicyclic) bond motifs is 1. The number of nitro benzene ring substituents is 1. The van der Waals surface area contributed by atoms with Gasteiger partial charge >= 0.3 is 0 Å². The molecule has 35 heavy (non-hydrogen) atoms. The molecule has 0 unspecified atom stereocenters. The number of carbonyl (C=O) groups excluding carboxylic acids is 1. The van der Waals surface area contributed by atoms with E-state index in [1.54, 1.807) is 18.3 Å². The maximum atomic E-state index is 13.2. The molecule has 0 atom stereocenters. The van der Waals surface area contributed by atoms with Gasteiger partial charge in [-0.1, -0.05) is 24.3 Å². The fraction of sp³-hybridized carbons (Fsp3) is 0.167. The van der Waals surface area contributed by atoms with Crippen molar-refractivity contribution < 1.29 is 9.72 Å². The molecule has 2 aromatic carbocycles. The van der Waals surface area contributed by atoms with Crippen LogP contribution in [0.4, 0.5) is 16.4 Å². The molecule has 0 saturated carbocycles. The van der Waals surface area contributed by atoms with Crippen LogP contribution in [0.2, 0.25) is 0 Å². The zero-order valence-corrected chi connectivity index (χ0v) is 20.1. The molecule has 2 heterocycles. The first-order chi connectivity index (χ1) is 17.1. The van der Waals surface area contributed by atoms with Crippen molar-refractivity contribution in [2.24, 2.45) is 4.99 Å². The Balaban J connectivity index is 1.45. The summed E-state index contributed by atoms with van der Waals surface area (Å²) >= 11 is 2.65. The van der Waals surface area contributed by atoms with E-state index in [2.05, 4.69) is 25.5 Å². The molecule has 0 aliphatic heterocycles. The molecule has 1 aliphatic carbocycles. The number of benzene rings is 2. The molecule has 11 heteroatoms. The number of aromatic nitrogens is 3. The van der Waals surface area contributed by atoms with Gasteiger partial charge in [0.2, 0.25) is 0 Å². The average Bonchev–Trinajstić information content (AvgIpc) is 3.51. The van der Waals surface area contributed by atoms with Crippen LogP contribution >= 0.6 is 23.1 Å². The number of nitrogens with zero attached hydrogens (tertiary/aromatic N) is 4. The SMILES string of the molecule is O=C(Nc1ccccc1)c1c(N=Cc2ccc(Sc3ncn[nH]3)c([N+](=O)[O-])c2)sc2c1CCCC2. The quantitative estimate of drug-likeness (QED) is 0.186. The van der Waals surface area contributed by atoms with Crippen LogP contribution in [0.1, 0.15) is 39.2 Å². The van der Waals surface area contributed by atoms with E-state index in [9.17, 15) is 14.9 Å². The van der Waals surface area contributed by atoms with Gasteiger partial charge < -0.3 is 5.32 Å². The molecule has 2 N–H and O–H groups in total. The number of aromatic amines is 1. The molecular weight excluding hydrogens is 484 g/mol. The van der Waals surface area contributed by atoms with Crippen LogP contribution in [0.3, 0.4) is 0 Å². The number of amides is 1. The fourth-order valence-corrected chi connectivity index (χ4v) is 5.93. The molecule has 0 radical (unpaired) electrons. The highest BCUT2D eigenvalue weighted by atomic mass is 32.2. The lowest BCUT2D eigenvalue weighted by molar-refractivity contribution is -0.387. The third-order valence-corrected chi connectivity index (χ3v) is 7.68. The molecule has 4 aromatic rings. The summed E-state index contributed by atoms with van der Waals surface area (Å²) in [4.78, 5) is 34.7. The maximum absolute atomic E-state index is 13.2. The summed E-state index contributed by atoms with van der Waals surface area (Å²) in [7, 11) is 0. The Morgan fingerprint density at radius 3 is 2.80 bits per heavy atom. The van der Waals surface area contributed by atoms with Gasteiger partial charge in [0.05, 0.1) is 15.4 Å². The van der Waals surface area contributed by atoms with Gasteiger partial charge in [0.1, 0.15) is 11.3 Å². The number of hydrogen-bond donors (Lipinski definition) is 2. The van der Waals surface area contributed by atoms with E-state index in [0.29, 0.717) is 26.2 Å². The molecule has 0 saturated heterocycles. The van der Waals surface area contributed by atoms with Crippen LogP contribution in [-0.4, -0.2) is 32.2 Å². The number of anilines is 1. The largest absolute Gasteiger partial charge is 0.322 e. The minimum atomic E-state index is -0.432. The van der Waals surface area contributed by atoms with Crippen LogP contribution in [0.25, 0.3) is 0 Å². The van der Waals surface area contributed by atoms with Gasteiger partial charge in [0.25, 0.3) is 11.6 Å². The van der Waals surface area contributed by atoms with Gasteiger partial charge in [0, 0.05) is 22.8 Å². The second-order valence-corrected chi connectivity index (χ2v) is 9.96. The topological polar surface area (TPSA) is 126 Å². The predicted molar refractivity (Wildman–Crippen MR) is 136 cm³/mol. The first kappa shape index (κ1) is 22.9. The standard InChI is InChI=1S/C24H20N6O3S2/c31-22(28-16-6-2-1-3-7-16)21-17-8-4-5-9-19(17)34-23(21)25-13-15-10-11-20(18(12-15)30(32)33)35-24-26-14-27-29-24/h1-3,6-7,10-14H,4-5,8-9H2,(H,28,31)(H,26,27,29). The first-order valence-corrected chi connectivity index (χ1v) is 12.6. The van der Waals surface area contributed by atoms with E-state index in [1.165, 1.54) is 28.6 Å². The second kappa shape index (κ2) is 10.2. The van der Waals surface area contributed by atoms with E-state index in [0.717, 1.165) is 48.7 Å². The van der Waals surface area contributed by atoms with Gasteiger partial charge in [-0.05, 0) is 66.8 Å². The number of carbonyl (C=O) groups is 1. The fourth-order valence-electron chi connectivity index (χ4n) is 3.92. The van der Waals surface area contributed by atoms with E-state index in [-0.39, 0.29) is 11.6 Å². The van der Waals surface area contributed by atoms with Gasteiger partial charge in [0.15, 0.2) is 5.16 Å². The molecular formula is C24H20N6O3S2. The van der Waals surface area contributed by atoms with Gasteiger partial charge in [-0.25, -0.2) is 9.98 Å². The molecule has 2 aromatic heterocycles. The van der Waals surface area contributed by atoms with E-state index >= 15 is 0 Å². The lowest BCUT2D eigenvalue weighted by Crippen LogP contribution is -2.14. The summed E-state index contributed by atoms with van der Waals surface area (Å²) in [6.07, 6.45) is 6.83. The normalized spacial score (nSPS) is 13.0. The van der Waals surface area contributed by atoms with Crippen molar-refractivity contribution >= 4 is 51.6 Å². The molecule has 0 spiro atoms. The van der Waals surface area contributed by atoms with Crippen LogP contribution in [-0.2, 0) is 12.8 Å². The van der Waals surface area contributed by atoms with Gasteiger partial charge in [-0.2, -0.15) is 5.10 Å². The van der Waals surface area contributed by atoms with Crippen molar-refractivity contribution in [3.63, 3.8) is 0 Å². The third kappa shape index (κ3) is 5.15. The van der Waals surface area contributed by atoms with Crippen molar-refractivity contribution in [3.05, 3.63) is 86.5 Å². The Hall–Kier alpha value is -3.83. The number of hydrogen-bond acceptors (Lipinski definition) is 8. The maximum Gasteiger partial charge on any atom is 0.283 e. The molecule has 1 amide bonds. The van der Waals surface area contributed by atoms with Crippen LogP contribution in [0.5, 0.6) is 0 Å². The van der Waals surface area contributed by atoms with Crippen molar-refractivity contribution in [1.82, 2.24) is 15.2 Å². The zero-order valence-electron chi connectivity index (χ0n) is 18.4. The van der Waals surface area contributed by atoms with Gasteiger partial charge in [-0.3, -0.25) is 20.0 Å². The Kier molecular flexibility index (Phi) is 6.68. The second-order valence-electron chi connectivity index (χ2n) is 7.85. The smallest absolute Gasteiger partial charge is 0.283 e. The molecule has 1 aliphatic rings. The average molecular weight is 505 g/mol. The number of aliphatic imine (C=N–C) groups is 1. The zero-order chi connectivity index (χ0) is 24.2. The Morgan fingerprint density at radius 1 is 1.20 bits per heavy atom. The number of thiophene rings is 1. The van der Waals surface area contributed by atoms with Crippen molar-refractivity contribution in [3.8, 4) is 0 Å². The lowest BCUT2D eigenvalue weighted by atomic mass is 9.95. The molecule has 0 fully saturated rings. The number of aryl methyl sites for hydroxylation is 1. The van der Waals surface area contributed by atoms with E-state index in [1.807, 2.05) is 30.3 Å². The highest BCUT2D eigenvalue weighted by Crippen LogP contribution is 2.40. The number of para-hydroxylation sites is 1. The third-order valence-electron chi connectivity index (χ3n) is 5.52. The minimum absolute atomic E-state index is 0.0529. The van der Waals surface area contributed by atoms with Crippen molar-refractivity contribution in [1.29, 1.82) is 0 Å². The number of rotatable bonds is 7. The van der Waals surface area contributed by atoms with Crippen LogP contribution < -0.4 is 5.32 Å². The van der Waals surface area contributed by atoms with E-state index in [4.69, 9.17) is 0 Å². The van der Waals surface area contributed by atoms with Gasteiger partial charge in [-0.15, -0.1) is 11.3 Å². The van der Waals surface area contributed by atoms with Crippen molar-refractivity contribution in [2.75, 3.05) is 5.32 Å². The summed E-state index contributed by atoms with van der Waals surface area (Å²) in [6, 6.07) is 14.2. The molecule has 176 valence electrons. The van der Waals surface area contributed by atoms with E-state index < -0.39 is 4.92 Å². The summed E-state index contributed by atoms with van der Waals surface area (Å²) < 4.78 is 0. The van der Waals surface area contributed by atoms with Crippen LogP contribution in [0, 0.1) is 10.1 Å². The number of nitrogens with one attached hydrogen (secondary N) is 2. The first-order valence-electron chi connectivity index (χ1n) is 10.9.